The fourth-order valence-electron chi connectivity index (χ4n) is 3.33. The van der Waals surface area contributed by atoms with Crippen LogP contribution in [0.4, 0.5) is 5.82 Å². The molecule has 1 aromatic carbocycles. The van der Waals surface area contributed by atoms with E-state index >= 15 is 0 Å². The van der Waals surface area contributed by atoms with E-state index in [9.17, 15) is 0 Å². The Balaban J connectivity index is 1.77. The number of hydrogen-bond donors (Lipinski definition) is 1. The molecule has 2 aromatic heterocycles. The maximum absolute atomic E-state index is 6.05. The second kappa shape index (κ2) is 7.13. The van der Waals surface area contributed by atoms with E-state index in [1.54, 1.807) is 0 Å². The lowest BCUT2D eigenvalue weighted by molar-refractivity contribution is 0.120. The molecule has 1 saturated heterocycles. The quantitative estimate of drug-likeness (QED) is 0.692. The van der Waals surface area contributed by atoms with Crippen molar-refractivity contribution in [3.8, 4) is 11.1 Å². The molecule has 5 nitrogen and oxygen atoms in total. The number of aromatic nitrogens is 3. The highest BCUT2D eigenvalue weighted by Gasteiger charge is 2.22. The summed E-state index contributed by atoms with van der Waals surface area (Å²) in [7, 11) is 0. The SMILES string of the molecule is CC(C)(C)c1cc(NC[C@@H]2CCCO2)n2ncc(-c3ccc(Cl)cc3)c2n1. The predicted molar refractivity (Wildman–Crippen MR) is 110 cm³/mol. The van der Waals surface area contributed by atoms with E-state index in [0.29, 0.717) is 0 Å². The first-order chi connectivity index (χ1) is 12.9. The van der Waals surface area contributed by atoms with Gasteiger partial charge < -0.3 is 10.1 Å². The Morgan fingerprint density at radius 3 is 2.70 bits per heavy atom. The van der Waals surface area contributed by atoms with Crippen LogP contribution in [0.25, 0.3) is 16.8 Å². The summed E-state index contributed by atoms with van der Waals surface area (Å²) in [6, 6.07) is 9.89. The number of anilines is 1. The predicted octanol–water partition coefficient (Wildman–Crippen LogP) is 4.94. The maximum Gasteiger partial charge on any atom is 0.165 e. The summed E-state index contributed by atoms with van der Waals surface area (Å²) in [6.45, 7) is 8.16. The van der Waals surface area contributed by atoms with Gasteiger partial charge in [-0.15, -0.1) is 0 Å². The summed E-state index contributed by atoms with van der Waals surface area (Å²) in [5.74, 6) is 0.945. The molecular weight excluding hydrogens is 360 g/mol. The van der Waals surface area contributed by atoms with Crippen molar-refractivity contribution in [3.63, 3.8) is 0 Å². The van der Waals surface area contributed by atoms with Crippen molar-refractivity contribution in [3.05, 3.63) is 47.2 Å². The minimum Gasteiger partial charge on any atom is -0.376 e. The van der Waals surface area contributed by atoms with Gasteiger partial charge in [0.15, 0.2) is 5.65 Å². The summed E-state index contributed by atoms with van der Waals surface area (Å²) in [4.78, 5) is 4.94. The number of ether oxygens (including phenoxy) is 1. The number of nitrogens with one attached hydrogen (secondary N) is 1. The molecule has 142 valence electrons. The zero-order chi connectivity index (χ0) is 19.0. The lowest BCUT2D eigenvalue weighted by atomic mass is 9.92. The van der Waals surface area contributed by atoms with Crippen LogP contribution in [0.3, 0.4) is 0 Å². The molecule has 0 amide bonds. The molecule has 0 saturated carbocycles. The van der Waals surface area contributed by atoms with Crippen molar-refractivity contribution in [2.75, 3.05) is 18.5 Å². The maximum atomic E-state index is 6.05. The van der Waals surface area contributed by atoms with Crippen LogP contribution >= 0.6 is 11.6 Å². The largest absolute Gasteiger partial charge is 0.376 e. The molecule has 1 fully saturated rings. The zero-order valence-corrected chi connectivity index (χ0v) is 16.8. The number of hydrogen-bond acceptors (Lipinski definition) is 4. The van der Waals surface area contributed by atoms with Crippen molar-refractivity contribution < 1.29 is 4.74 Å². The first-order valence-electron chi connectivity index (χ1n) is 9.42. The molecule has 0 spiro atoms. The molecular formula is C21H25ClN4O. The fourth-order valence-corrected chi connectivity index (χ4v) is 3.46. The molecule has 3 heterocycles. The van der Waals surface area contributed by atoms with Gasteiger partial charge in [-0.25, -0.2) is 4.98 Å². The summed E-state index contributed by atoms with van der Waals surface area (Å²) >= 11 is 6.05. The molecule has 0 unspecified atom stereocenters. The number of rotatable bonds is 4. The molecule has 3 aromatic rings. The van der Waals surface area contributed by atoms with E-state index in [1.807, 2.05) is 35.0 Å². The third-order valence-corrected chi connectivity index (χ3v) is 5.18. The van der Waals surface area contributed by atoms with E-state index < -0.39 is 0 Å². The van der Waals surface area contributed by atoms with Crippen LogP contribution in [0.5, 0.6) is 0 Å². The highest BCUT2D eigenvalue weighted by molar-refractivity contribution is 6.30. The normalized spacial score (nSPS) is 17.6. The molecule has 6 heteroatoms. The lowest BCUT2D eigenvalue weighted by Gasteiger charge is -2.20. The van der Waals surface area contributed by atoms with Gasteiger partial charge in [-0.2, -0.15) is 9.61 Å². The first kappa shape index (κ1) is 18.3. The third-order valence-electron chi connectivity index (χ3n) is 4.93. The van der Waals surface area contributed by atoms with E-state index in [-0.39, 0.29) is 11.5 Å². The average molecular weight is 385 g/mol. The molecule has 0 aliphatic carbocycles. The minimum absolute atomic E-state index is 0.0659. The molecule has 1 aliphatic heterocycles. The second-order valence-corrected chi connectivity index (χ2v) is 8.53. The van der Waals surface area contributed by atoms with Crippen LogP contribution < -0.4 is 5.32 Å². The number of benzene rings is 1. The number of halogens is 1. The molecule has 1 atom stereocenters. The van der Waals surface area contributed by atoms with Crippen molar-refractivity contribution in [1.82, 2.24) is 14.6 Å². The Hall–Kier alpha value is -2.11. The van der Waals surface area contributed by atoms with Crippen LogP contribution in [0, 0.1) is 0 Å². The van der Waals surface area contributed by atoms with Gasteiger partial charge in [0.25, 0.3) is 0 Å². The monoisotopic (exact) mass is 384 g/mol. The van der Waals surface area contributed by atoms with E-state index in [2.05, 4.69) is 37.3 Å². The van der Waals surface area contributed by atoms with Crippen LogP contribution in [-0.4, -0.2) is 33.9 Å². The Bertz CT molecular complexity index is 937. The Labute approximate surface area is 164 Å². The van der Waals surface area contributed by atoms with Gasteiger partial charge in [-0.05, 0) is 30.5 Å². The third kappa shape index (κ3) is 3.80. The zero-order valence-electron chi connectivity index (χ0n) is 16.0. The van der Waals surface area contributed by atoms with Crippen molar-refractivity contribution in [2.24, 2.45) is 0 Å². The van der Waals surface area contributed by atoms with Gasteiger partial charge >= 0.3 is 0 Å². The van der Waals surface area contributed by atoms with Crippen molar-refractivity contribution >= 4 is 23.1 Å². The van der Waals surface area contributed by atoms with Gasteiger partial charge in [0.05, 0.1) is 18.0 Å². The first-order valence-corrected chi connectivity index (χ1v) is 9.80. The molecule has 1 N–H and O–H groups in total. The second-order valence-electron chi connectivity index (χ2n) is 8.09. The van der Waals surface area contributed by atoms with Gasteiger partial charge in [-0.1, -0.05) is 44.5 Å². The van der Waals surface area contributed by atoms with E-state index in [0.717, 1.165) is 59.3 Å². The number of nitrogens with zero attached hydrogens (tertiary/aromatic N) is 3. The van der Waals surface area contributed by atoms with Gasteiger partial charge in [0.1, 0.15) is 5.82 Å². The van der Waals surface area contributed by atoms with Gasteiger partial charge in [0.2, 0.25) is 0 Å². The smallest absolute Gasteiger partial charge is 0.165 e. The van der Waals surface area contributed by atoms with Crippen molar-refractivity contribution in [1.29, 1.82) is 0 Å². The van der Waals surface area contributed by atoms with Gasteiger partial charge in [0, 0.05) is 35.2 Å². The number of fused-ring (bicyclic) bond motifs is 1. The summed E-state index contributed by atoms with van der Waals surface area (Å²) in [6.07, 6.45) is 4.36. The highest BCUT2D eigenvalue weighted by Crippen LogP contribution is 2.30. The summed E-state index contributed by atoms with van der Waals surface area (Å²) in [5, 5.41) is 8.85. The minimum atomic E-state index is -0.0659. The molecule has 4 rings (SSSR count). The van der Waals surface area contributed by atoms with E-state index in [1.165, 1.54) is 0 Å². The molecule has 0 radical (unpaired) electrons. The standard InChI is InChI=1S/C21H25ClN4O/c1-21(2,3)18-11-19(23-12-16-5-4-10-27-16)26-20(25-18)17(13-24-26)14-6-8-15(22)9-7-14/h6-9,11,13,16,23H,4-5,10,12H2,1-3H3/t16-/m0/s1. The molecule has 27 heavy (non-hydrogen) atoms. The van der Waals surface area contributed by atoms with Crippen LogP contribution in [0.1, 0.15) is 39.3 Å². The molecule has 0 bridgehead atoms. The topological polar surface area (TPSA) is 51.5 Å². The van der Waals surface area contributed by atoms with Crippen LogP contribution in [0.15, 0.2) is 36.5 Å². The summed E-state index contributed by atoms with van der Waals surface area (Å²) in [5.41, 5.74) is 3.86. The lowest BCUT2D eigenvalue weighted by Crippen LogP contribution is -2.21. The fraction of sp³-hybridized carbons (Fsp3) is 0.429. The van der Waals surface area contributed by atoms with Crippen molar-refractivity contribution in [2.45, 2.75) is 45.1 Å². The Kier molecular flexibility index (Phi) is 4.82. The highest BCUT2D eigenvalue weighted by atomic mass is 35.5. The molecule has 1 aliphatic rings. The van der Waals surface area contributed by atoms with Crippen LogP contribution in [-0.2, 0) is 10.2 Å². The van der Waals surface area contributed by atoms with Crippen LogP contribution in [0.2, 0.25) is 5.02 Å². The Morgan fingerprint density at radius 2 is 2.04 bits per heavy atom. The Morgan fingerprint density at radius 1 is 1.26 bits per heavy atom. The van der Waals surface area contributed by atoms with E-state index in [4.69, 9.17) is 21.3 Å². The average Bonchev–Trinajstić information content (AvgIpc) is 3.29. The van der Waals surface area contributed by atoms with Gasteiger partial charge in [-0.3, -0.25) is 0 Å². The summed E-state index contributed by atoms with van der Waals surface area (Å²) < 4.78 is 7.63.